The highest BCUT2D eigenvalue weighted by molar-refractivity contribution is 5.91. The maximum absolute atomic E-state index is 14.8. The minimum atomic E-state index is -4.48. The van der Waals surface area contributed by atoms with Gasteiger partial charge in [-0.05, 0) is 37.0 Å². The number of aryl methyl sites for hydroxylation is 1. The number of hydrogen-bond donors (Lipinski definition) is 1. The fourth-order valence-electron chi connectivity index (χ4n) is 3.97. The summed E-state index contributed by atoms with van der Waals surface area (Å²) in [4.78, 5) is 21.0. The zero-order valence-electron chi connectivity index (χ0n) is 22.4. The molecule has 1 N–H and O–H groups in total. The number of carbonyl (C=O) groups excluding carboxylic acids is 1. The lowest BCUT2D eigenvalue weighted by Gasteiger charge is -2.14. The average Bonchev–Trinajstić information content (AvgIpc) is 3.44. The number of alkyl halides is 3. The summed E-state index contributed by atoms with van der Waals surface area (Å²) in [6, 6.07) is 5.27. The number of benzene rings is 1. The lowest BCUT2D eigenvalue weighted by molar-refractivity contribution is -0.165. The number of halogens is 4. The third kappa shape index (κ3) is 4.83. The highest BCUT2D eigenvalue weighted by atomic mass is 19.4. The molecule has 1 aliphatic carbocycles. The molecule has 8 nitrogen and oxygen atoms in total. The van der Waals surface area contributed by atoms with Crippen molar-refractivity contribution in [2.45, 2.75) is 44.2 Å². The van der Waals surface area contributed by atoms with Crippen molar-refractivity contribution in [2.24, 2.45) is 6.98 Å². The first-order valence-corrected chi connectivity index (χ1v) is 11.2. The van der Waals surface area contributed by atoms with Gasteiger partial charge in [-0.15, -0.1) is 0 Å². The second kappa shape index (κ2) is 9.09. The van der Waals surface area contributed by atoms with Crippen LogP contribution in [0.4, 0.5) is 23.4 Å². The molecular formula is C25H22F4N6O2. The normalized spacial score (nSPS) is 16.1. The molecule has 5 rings (SSSR count). The molecule has 37 heavy (non-hydrogen) atoms. The van der Waals surface area contributed by atoms with Gasteiger partial charge in [-0.2, -0.15) is 18.3 Å². The summed E-state index contributed by atoms with van der Waals surface area (Å²) in [5.41, 5.74) is 0.121. The molecule has 0 radical (unpaired) electrons. The average molecular weight is 518 g/mol. The molecule has 0 saturated heterocycles. The summed E-state index contributed by atoms with van der Waals surface area (Å²) >= 11 is 0. The van der Waals surface area contributed by atoms with Crippen molar-refractivity contribution < 1.29 is 31.0 Å². The highest BCUT2D eigenvalue weighted by Gasteiger charge is 2.66. The van der Waals surface area contributed by atoms with E-state index in [1.165, 1.54) is 30.7 Å². The van der Waals surface area contributed by atoms with Crippen LogP contribution in [0.3, 0.4) is 0 Å². The maximum Gasteiger partial charge on any atom is 0.401 e. The molecule has 1 amide bonds. The van der Waals surface area contributed by atoms with E-state index >= 15 is 0 Å². The third-order valence-corrected chi connectivity index (χ3v) is 6.44. The van der Waals surface area contributed by atoms with Crippen LogP contribution < -0.4 is 5.32 Å². The summed E-state index contributed by atoms with van der Waals surface area (Å²) < 4.78 is 82.9. The van der Waals surface area contributed by atoms with E-state index in [0.29, 0.717) is 28.2 Å². The molecule has 192 valence electrons. The topological polar surface area (TPSA) is 98.7 Å². The Kier molecular flexibility index (Phi) is 5.17. The summed E-state index contributed by atoms with van der Waals surface area (Å²) in [6.45, 7) is -0.743. The fraction of sp³-hybridized carbons (Fsp3) is 0.320. The van der Waals surface area contributed by atoms with Crippen LogP contribution in [0.2, 0.25) is 0 Å². The van der Waals surface area contributed by atoms with Gasteiger partial charge in [0.05, 0.1) is 12.6 Å². The van der Waals surface area contributed by atoms with Crippen LogP contribution in [-0.2, 0) is 30.0 Å². The Bertz CT molecular complexity index is 1560. The number of anilines is 1. The molecule has 1 fully saturated rings. The van der Waals surface area contributed by atoms with Gasteiger partial charge in [0.2, 0.25) is 5.91 Å². The van der Waals surface area contributed by atoms with Gasteiger partial charge in [0.1, 0.15) is 17.1 Å². The van der Waals surface area contributed by atoms with Crippen LogP contribution in [0.25, 0.3) is 11.1 Å². The van der Waals surface area contributed by atoms with Crippen molar-refractivity contribution in [1.82, 2.24) is 24.9 Å². The summed E-state index contributed by atoms with van der Waals surface area (Å²) in [7, 11) is 0. The van der Waals surface area contributed by atoms with Crippen molar-refractivity contribution in [1.29, 1.82) is 0 Å². The second-order valence-corrected chi connectivity index (χ2v) is 8.92. The van der Waals surface area contributed by atoms with Gasteiger partial charge in [-0.3, -0.25) is 9.48 Å². The van der Waals surface area contributed by atoms with E-state index in [9.17, 15) is 22.4 Å². The van der Waals surface area contributed by atoms with Crippen molar-refractivity contribution in [2.75, 3.05) is 5.32 Å². The zero-order chi connectivity index (χ0) is 28.9. The van der Waals surface area contributed by atoms with Crippen molar-refractivity contribution in [3.63, 3.8) is 0 Å². The molecule has 0 atom stereocenters. The van der Waals surface area contributed by atoms with Crippen LogP contribution in [0.5, 0.6) is 0 Å². The van der Waals surface area contributed by atoms with E-state index in [2.05, 4.69) is 25.5 Å². The second-order valence-electron chi connectivity index (χ2n) is 8.92. The Labute approximate surface area is 212 Å². The standard InChI is InChI=1S/C25H22F4N6O2/c1-14-17(13-32-35(14)2)8-21-30-11-18(12-31-21)15-3-4-16(19(26)7-15)9-23(36)33-22-10-20(37-34-22)24(5-6-24)25(27,28)29/h3-4,7,10-13H,5-6,8-9H2,1-2H3,(H,33,34,36)/i2D3. The van der Waals surface area contributed by atoms with E-state index in [1.54, 1.807) is 13.0 Å². The molecule has 0 bridgehead atoms. The first-order valence-electron chi connectivity index (χ1n) is 12.7. The van der Waals surface area contributed by atoms with Crippen molar-refractivity contribution >= 4 is 11.7 Å². The fourth-order valence-corrected chi connectivity index (χ4v) is 3.97. The van der Waals surface area contributed by atoms with Gasteiger partial charge in [-0.1, -0.05) is 17.3 Å². The lowest BCUT2D eigenvalue weighted by Crippen LogP contribution is -2.28. The van der Waals surface area contributed by atoms with E-state index in [-0.39, 0.29) is 42.8 Å². The predicted octanol–water partition coefficient (Wildman–Crippen LogP) is 4.68. The van der Waals surface area contributed by atoms with Gasteiger partial charge in [0, 0.05) is 52.8 Å². The SMILES string of the molecule is [2H]C([2H])([2H])n1ncc(Cc2ncc(-c3ccc(CC(=O)Nc4cc(C5(C(F)(F)F)CC5)on4)c(F)c3)cn2)c1C. The molecule has 3 heterocycles. The van der Waals surface area contributed by atoms with Crippen LogP contribution in [0, 0.1) is 12.7 Å². The first kappa shape index (κ1) is 21.0. The molecule has 1 aliphatic rings. The number of rotatable bonds is 7. The predicted molar refractivity (Wildman–Crippen MR) is 124 cm³/mol. The summed E-state index contributed by atoms with van der Waals surface area (Å²) in [6.07, 6.45) is -0.353. The van der Waals surface area contributed by atoms with Gasteiger partial charge in [0.15, 0.2) is 11.6 Å². The minimum absolute atomic E-state index is 0.0678. The number of nitrogens with zero attached hydrogens (tertiary/aromatic N) is 5. The van der Waals surface area contributed by atoms with E-state index in [1.807, 2.05) is 0 Å². The van der Waals surface area contributed by atoms with Crippen LogP contribution >= 0.6 is 0 Å². The number of nitrogens with one attached hydrogen (secondary N) is 1. The van der Waals surface area contributed by atoms with Gasteiger partial charge in [-0.25, -0.2) is 14.4 Å². The van der Waals surface area contributed by atoms with Crippen LogP contribution in [-0.4, -0.2) is 37.0 Å². The van der Waals surface area contributed by atoms with Crippen LogP contribution in [0.15, 0.2) is 47.4 Å². The van der Waals surface area contributed by atoms with E-state index in [4.69, 9.17) is 8.64 Å². The molecular weight excluding hydrogens is 492 g/mol. The Morgan fingerprint density at radius 3 is 2.54 bits per heavy atom. The Hall–Kier alpha value is -4.09. The zero-order valence-corrected chi connectivity index (χ0v) is 19.4. The summed E-state index contributed by atoms with van der Waals surface area (Å²) in [5.74, 6) is -1.46. The number of hydrogen-bond acceptors (Lipinski definition) is 6. The van der Waals surface area contributed by atoms with E-state index in [0.717, 1.165) is 10.7 Å². The smallest absolute Gasteiger partial charge is 0.358 e. The molecule has 1 saturated carbocycles. The summed E-state index contributed by atoms with van der Waals surface area (Å²) in [5, 5.41) is 9.75. The molecule has 12 heteroatoms. The highest BCUT2D eigenvalue weighted by Crippen LogP contribution is 2.59. The molecule has 0 spiro atoms. The Balaban J connectivity index is 1.22. The molecule has 1 aromatic carbocycles. The Morgan fingerprint density at radius 1 is 1.16 bits per heavy atom. The first-order chi connectivity index (χ1) is 18.8. The van der Waals surface area contributed by atoms with Crippen molar-refractivity contribution in [3.8, 4) is 11.1 Å². The largest absolute Gasteiger partial charge is 0.401 e. The van der Waals surface area contributed by atoms with Crippen LogP contribution in [0.1, 0.15) is 45.4 Å². The third-order valence-electron chi connectivity index (χ3n) is 6.44. The molecule has 4 aromatic rings. The van der Waals surface area contributed by atoms with E-state index < -0.39 is 30.3 Å². The maximum atomic E-state index is 14.8. The van der Waals surface area contributed by atoms with Gasteiger partial charge in [0.25, 0.3) is 0 Å². The molecule has 0 unspecified atom stereocenters. The molecule has 0 aliphatic heterocycles. The Morgan fingerprint density at radius 2 is 1.92 bits per heavy atom. The number of amides is 1. The number of carbonyl (C=O) groups is 1. The lowest BCUT2D eigenvalue weighted by atomic mass is 10.0. The van der Waals surface area contributed by atoms with Gasteiger partial charge >= 0.3 is 6.18 Å². The minimum Gasteiger partial charge on any atom is -0.358 e. The van der Waals surface area contributed by atoms with Gasteiger partial charge < -0.3 is 9.84 Å². The molecule has 3 aromatic heterocycles. The van der Waals surface area contributed by atoms with Crippen molar-refractivity contribution in [3.05, 3.63) is 77.1 Å². The monoisotopic (exact) mass is 517 g/mol. The quantitative estimate of drug-likeness (QED) is 0.358. The number of aromatic nitrogens is 5.